The van der Waals surface area contributed by atoms with Crippen molar-refractivity contribution in [1.82, 2.24) is 15.3 Å². The Bertz CT molecular complexity index is 1470. The zero-order valence-electron chi connectivity index (χ0n) is 19.2. The van der Waals surface area contributed by atoms with Crippen LogP contribution in [-0.4, -0.2) is 34.9 Å². The minimum Gasteiger partial charge on any atom is -0.357 e. The van der Waals surface area contributed by atoms with Crippen molar-refractivity contribution in [2.24, 2.45) is 0 Å². The monoisotopic (exact) mass is 488 g/mol. The van der Waals surface area contributed by atoms with Crippen LogP contribution in [0.4, 0.5) is 5.69 Å². The van der Waals surface area contributed by atoms with Crippen molar-refractivity contribution in [2.45, 2.75) is 31.7 Å². The molecule has 3 heterocycles. The molecule has 35 heavy (non-hydrogen) atoms. The van der Waals surface area contributed by atoms with Crippen molar-refractivity contribution in [3.8, 4) is 0 Å². The van der Waals surface area contributed by atoms with Crippen LogP contribution in [0.5, 0.6) is 0 Å². The molecule has 8 heteroatoms. The predicted molar refractivity (Wildman–Crippen MR) is 137 cm³/mol. The molecule has 1 atom stereocenters. The summed E-state index contributed by atoms with van der Waals surface area (Å²) in [5.41, 5.74) is 5.66. The fourth-order valence-electron chi connectivity index (χ4n) is 4.66. The van der Waals surface area contributed by atoms with Gasteiger partial charge < -0.3 is 20.2 Å². The second kappa shape index (κ2) is 9.43. The summed E-state index contributed by atoms with van der Waals surface area (Å²) in [6, 6.07) is 17.5. The molecule has 0 saturated carbocycles. The largest absolute Gasteiger partial charge is 0.357 e. The van der Waals surface area contributed by atoms with Crippen molar-refractivity contribution in [3.63, 3.8) is 0 Å². The first kappa shape index (κ1) is 22.9. The summed E-state index contributed by atoms with van der Waals surface area (Å²) in [6.07, 6.45) is 1.89. The zero-order valence-corrected chi connectivity index (χ0v) is 20.0. The molecule has 1 aliphatic heterocycles. The van der Waals surface area contributed by atoms with Crippen LogP contribution < -0.4 is 15.8 Å². The third-order valence-corrected chi connectivity index (χ3v) is 6.73. The molecular formula is C27H25ClN4O3. The summed E-state index contributed by atoms with van der Waals surface area (Å²) < 4.78 is 0. The summed E-state index contributed by atoms with van der Waals surface area (Å²) in [5.74, 6) is -0.507. The maximum Gasteiger partial charge on any atom is 0.249 e. The molecule has 4 aromatic rings. The number of rotatable bonds is 2. The van der Waals surface area contributed by atoms with Crippen LogP contribution >= 0.6 is 11.6 Å². The average Bonchev–Trinajstić information content (AvgIpc) is 3.18. The Morgan fingerprint density at radius 3 is 2.54 bits per heavy atom. The highest BCUT2D eigenvalue weighted by Crippen LogP contribution is 2.24. The molecule has 2 amide bonds. The second-order valence-corrected chi connectivity index (χ2v) is 9.32. The highest BCUT2D eigenvalue weighted by molar-refractivity contribution is 6.30. The molecule has 0 saturated heterocycles. The fraction of sp³-hybridized carbons (Fsp3) is 0.222. The highest BCUT2D eigenvalue weighted by Gasteiger charge is 2.27. The van der Waals surface area contributed by atoms with Gasteiger partial charge >= 0.3 is 0 Å². The minimum atomic E-state index is -0.759. The van der Waals surface area contributed by atoms with Gasteiger partial charge in [0.05, 0.1) is 17.5 Å². The summed E-state index contributed by atoms with van der Waals surface area (Å²) in [6.45, 7) is 0. The molecular weight excluding hydrogens is 464 g/mol. The van der Waals surface area contributed by atoms with E-state index in [1.807, 2.05) is 12.1 Å². The number of amides is 2. The summed E-state index contributed by atoms with van der Waals surface area (Å²) >= 11 is 6.00. The molecule has 2 aromatic heterocycles. The predicted octanol–water partition coefficient (Wildman–Crippen LogP) is 3.54. The van der Waals surface area contributed by atoms with E-state index >= 15 is 0 Å². The van der Waals surface area contributed by atoms with Crippen LogP contribution in [0.3, 0.4) is 0 Å². The van der Waals surface area contributed by atoms with Gasteiger partial charge in [-0.25, -0.2) is 0 Å². The third kappa shape index (κ3) is 4.86. The van der Waals surface area contributed by atoms with Crippen LogP contribution in [0.25, 0.3) is 11.0 Å². The summed E-state index contributed by atoms with van der Waals surface area (Å²) in [7, 11) is 1.69. The van der Waals surface area contributed by atoms with E-state index < -0.39 is 6.04 Å². The lowest BCUT2D eigenvalue weighted by molar-refractivity contribution is -0.127. The van der Waals surface area contributed by atoms with E-state index in [2.05, 4.69) is 27.4 Å². The Labute approximate surface area is 207 Å². The molecule has 2 aromatic carbocycles. The third-order valence-electron chi connectivity index (χ3n) is 6.48. The Hall–Kier alpha value is -3.84. The number of nitrogens with zero attached hydrogens (tertiary/aromatic N) is 1. The number of hydrogen-bond acceptors (Lipinski definition) is 3. The number of halogens is 1. The van der Waals surface area contributed by atoms with Gasteiger partial charge in [0.25, 0.3) is 0 Å². The lowest BCUT2D eigenvalue weighted by atomic mass is 9.97. The highest BCUT2D eigenvalue weighted by atomic mass is 35.5. The van der Waals surface area contributed by atoms with Gasteiger partial charge in [0, 0.05) is 41.5 Å². The first-order valence-corrected chi connectivity index (χ1v) is 11.9. The SMILES string of the molecule is CN(C(=O)[C@@H]1Cc2cccc(c2)CCc2[nH]c3ccc(=O)[nH]c3c2CC(=O)N1)c1ccc(Cl)cc1. The number of aromatic amines is 2. The number of benzene rings is 2. The van der Waals surface area contributed by atoms with E-state index in [1.165, 1.54) is 11.0 Å². The van der Waals surface area contributed by atoms with Crippen LogP contribution in [0.2, 0.25) is 5.02 Å². The standard InChI is InChI=1S/C27H25ClN4O3/c1-32(19-8-6-18(28)7-9-19)27(35)23-14-17-4-2-3-16(13-17)5-10-21-20(15-25(34)30-23)26-22(29-21)11-12-24(33)31-26/h2-4,6-9,11-13,23,29H,5,10,14-15H2,1H3,(H,30,34)(H,31,33)/t23-/m0/s1. The Morgan fingerprint density at radius 1 is 0.971 bits per heavy atom. The first-order valence-electron chi connectivity index (χ1n) is 11.5. The molecule has 178 valence electrons. The lowest BCUT2D eigenvalue weighted by Crippen LogP contribution is -2.49. The van der Waals surface area contributed by atoms with E-state index in [1.54, 1.807) is 37.4 Å². The number of anilines is 1. The van der Waals surface area contributed by atoms with E-state index in [0.717, 1.165) is 34.3 Å². The summed E-state index contributed by atoms with van der Waals surface area (Å²) in [5, 5.41) is 3.54. The number of pyridine rings is 1. The molecule has 2 bridgehead atoms. The fourth-order valence-corrected chi connectivity index (χ4v) is 4.79. The number of aryl methyl sites for hydroxylation is 2. The molecule has 1 aliphatic rings. The number of carbonyl (C=O) groups is 2. The molecule has 5 rings (SSSR count). The normalized spacial score (nSPS) is 16.1. The van der Waals surface area contributed by atoms with E-state index in [9.17, 15) is 14.4 Å². The lowest BCUT2D eigenvalue weighted by Gasteiger charge is -2.25. The van der Waals surface area contributed by atoms with Crippen LogP contribution in [0, 0.1) is 0 Å². The zero-order chi connectivity index (χ0) is 24.5. The number of hydrogen-bond donors (Lipinski definition) is 3. The van der Waals surface area contributed by atoms with Crippen LogP contribution in [-0.2, 0) is 35.3 Å². The van der Waals surface area contributed by atoms with Gasteiger partial charge in [-0.3, -0.25) is 14.4 Å². The molecule has 0 unspecified atom stereocenters. The number of H-pyrrole nitrogens is 2. The maximum absolute atomic E-state index is 13.5. The van der Waals surface area contributed by atoms with Gasteiger partial charge in [0.15, 0.2) is 0 Å². The van der Waals surface area contributed by atoms with E-state index in [4.69, 9.17) is 11.6 Å². The van der Waals surface area contributed by atoms with Crippen molar-refractivity contribution < 1.29 is 9.59 Å². The van der Waals surface area contributed by atoms with Gasteiger partial charge in [-0.2, -0.15) is 0 Å². The minimum absolute atomic E-state index is 0.0532. The first-order chi connectivity index (χ1) is 16.9. The second-order valence-electron chi connectivity index (χ2n) is 8.89. The van der Waals surface area contributed by atoms with Crippen molar-refractivity contribution >= 4 is 40.1 Å². The van der Waals surface area contributed by atoms with Gasteiger partial charge in [-0.15, -0.1) is 0 Å². The molecule has 0 radical (unpaired) electrons. The van der Waals surface area contributed by atoms with Crippen molar-refractivity contribution in [2.75, 3.05) is 11.9 Å². The maximum atomic E-state index is 13.5. The molecule has 0 fully saturated rings. The van der Waals surface area contributed by atoms with E-state index in [0.29, 0.717) is 29.1 Å². The van der Waals surface area contributed by atoms with Gasteiger partial charge in [-0.1, -0.05) is 35.9 Å². The van der Waals surface area contributed by atoms with Gasteiger partial charge in [0.2, 0.25) is 17.4 Å². The molecule has 0 spiro atoms. The van der Waals surface area contributed by atoms with E-state index in [-0.39, 0.29) is 23.8 Å². The van der Waals surface area contributed by atoms with Gasteiger partial charge in [0.1, 0.15) is 6.04 Å². The van der Waals surface area contributed by atoms with Gasteiger partial charge in [-0.05, 0) is 54.3 Å². The Morgan fingerprint density at radius 2 is 1.74 bits per heavy atom. The van der Waals surface area contributed by atoms with Crippen molar-refractivity contribution in [1.29, 1.82) is 0 Å². The van der Waals surface area contributed by atoms with Crippen LogP contribution in [0.15, 0.2) is 65.5 Å². The quantitative estimate of drug-likeness (QED) is 0.402. The molecule has 0 aliphatic carbocycles. The smallest absolute Gasteiger partial charge is 0.249 e. The topological polar surface area (TPSA) is 98.1 Å². The number of likely N-dealkylation sites (N-methyl/N-ethyl adjacent to an activating group) is 1. The summed E-state index contributed by atoms with van der Waals surface area (Å²) in [4.78, 5) is 46.5. The Kier molecular flexibility index (Phi) is 6.17. The number of nitrogens with one attached hydrogen (secondary N) is 3. The molecule has 7 nitrogen and oxygen atoms in total. The molecule has 3 N–H and O–H groups in total. The number of carbonyl (C=O) groups excluding carboxylic acids is 2. The number of aromatic nitrogens is 2. The average molecular weight is 489 g/mol. The van der Waals surface area contributed by atoms with Crippen molar-refractivity contribution in [3.05, 3.63) is 98.4 Å². The Balaban J connectivity index is 1.52. The van der Waals surface area contributed by atoms with Crippen LogP contribution in [0.1, 0.15) is 22.4 Å². The number of fused-ring (bicyclic) bond motifs is 5.